The summed E-state index contributed by atoms with van der Waals surface area (Å²) in [6.07, 6.45) is 0. The smallest absolute Gasteiger partial charge is 0.355 e. The lowest BCUT2D eigenvalue weighted by molar-refractivity contribution is 0.0519. The van der Waals surface area contributed by atoms with Crippen LogP contribution in [0.1, 0.15) is 39.8 Å². The quantitative estimate of drug-likeness (QED) is 0.810. The number of carbonyl (C=O) groups excluding carboxylic acids is 1. The van der Waals surface area contributed by atoms with E-state index in [1.165, 1.54) is 0 Å². The third kappa shape index (κ3) is 3.46. The van der Waals surface area contributed by atoms with Crippen LogP contribution in [-0.4, -0.2) is 26.0 Å². The molecule has 0 saturated heterocycles. The maximum absolute atomic E-state index is 12.8. The number of hydrogen-bond donors (Lipinski definition) is 2. The molecule has 0 amide bonds. The first kappa shape index (κ1) is 18.1. The summed E-state index contributed by atoms with van der Waals surface area (Å²) in [6, 6.07) is 5.34. The number of hydrogen-bond acceptors (Lipinski definition) is 4. The molecule has 0 spiro atoms. The average Bonchev–Trinajstić information content (AvgIpc) is 2.78. The fourth-order valence-corrected chi connectivity index (χ4v) is 4.05. The molecule has 1 aromatic heterocycles. The number of ether oxygens (including phenoxy) is 1. The van der Waals surface area contributed by atoms with Gasteiger partial charge >= 0.3 is 5.97 Å². The van der Waals surface area contributed by atoms with Crippen molar-refractivity contribution in [3.8, 4) is 0 Å². The highest BCUT2D eigenvalue weighted by molar-refractivity contribution is 7.92. The van der Waals surface area contributed by atoms with Crippen molar-refractivity contribution in [3.63, 3.8) is 0 Å². The minimum absolute atomic E-state index is 0.0729. The summed E-state index contributed by atoms with van der Waals surface area (Å²) < 4.78 is 33.0. The van der Waals surface area contributed by atoms with Crippen LogP contribution in [0.15, 0.2) is 23.1 Å². The van der Waals surface area contributed by atoms with Crippen molar-refractivity contribution in [2.45, 2.75) is 39.5 Å². The Balaban J connectivity index is 2.42. The van der Waals surface area contributed by atoms with Crippen molar-refractivity contribution in [2.24, 2.45) is 0 Å². The molecule has 7 heteroatoms. The van der Waals surface area contributed by atoms with Gasteiger partial charge in [-0.25, -0.2) is 13.2 Å². The number of aromatic amines is 1. The van der Waals surface area contributed by atoms with Crippen molar-refractivity contribution < 1.29 is 17.9 Å². The number of nitrogens with one attached hydrogen (secondary N) is 2. The van der Waals surface area contributed by atoms with Crippen LogP contribution in [0, 0.1) is 27.7 Å². The molecule has 0 aliphatic carbocycles. The Morgan fingerprint density at radius 2 is 1.83 bits per heavy atom. The molecule has 130 valence electrons. The molecule has 0 saturated carbocycles. The maximum Gasteiger partial charge on any atom is 0.355 e. The predicted molar refractivity (Wildman–Crippen MR) is 92.9 cm³/mol. The molecule has 2 rings (SSSR count). The number of sulfonamides is 1. The summed E-state index contributed by atoms with van der Waals surface area (Å²) in [4.78, 5) is 14.8. The van der Waals surface area contributed by atoms with Crippen molar-refractivity contribution in [1.29, 1.82) is 0 Å². The highest BCUT2D eigenvalue weighted by Crippen LogP contribution is 2.26. The average molecular weight is 350 g/mol. The molecule has 24 heavy (non-hydrogen) atoms. The Labute approximate surface area is 142 Å². The molecule has 0 unspecified atom stereocenters. The van der Waals surface area contributed by atoms with E-state index in [0.717, 1.165) is 11.1 Å². The number of esters is 1. The van der Waals surface area contributed by atoms with Crippen LogP contribution in [0.2, 0.25) is 0 Å². The summed E-state index contributed by atoms with van der Waals surface area (Å²) in [6.45, 7) is 9.00. The highest BCUT2D eigenvalue weighted by atomic mass is 32.2. The lowest BCUT2D eigenvalue weighted by Crippen LogP contribution is -2.15. The second kappa shape index (κ2) is 6.68. The molecular weight excluding hydrogens is 328 g/mol. The van der Waals surface area contributed by atoms with Crippen LogP contribution in [0.5, 0.6) is 0 Å². The number of rotatable bonds is 5. The van der Waals surface area contributed by atoms with Crippen molar-refractivity contribution in [1.82, 2.24) is 4.98 Å². The van der Waals surface area contributed by atoms with Gasteiger partial charge in [0.2, 0.25) is 0 Å². The third-order valence-corrected chi connectivity index (χ3v) is 5.53. The topological polar surface area (TPSA) is 88.3 Å². The molecule has 1 aromatic carbocycles. The zero-order chi connectivity index (χ0) is 18.1. The lowest BCUT2D eigenvalue weighted by Gasteiger charge is -2.10. The summed E-state index contributed by atoms with van der Waals surface area (Å²) in [5, 5.41) is 0. The van der Waals surface area contributed by atoms with E-state index in [1.54, 1.807) is 32.9 Å². The Bertz CT molecular complexity index is 882. The van der Waals surface area contributed by atoms with Crippen LogP contribution >= 0.6 is 0 Å². The summed E-state index contributed by atoms with van der Waals surface area (Å²) in [5.41, 5.74) is 3.46. The Morgan fingerprint density at radius 3 is 2.42 bits per heavy atom. The number of H-pyrrole nitrogens is 1. The van der Waals surface area contributed by atoms with Gasteiger partial charge in [0.25, 0.3) is 10.0 Å². The molecule has 2 N–H and O–H groups in total. The minimum Gasteiger partial charge on any atom is -0.461 e. The van der Waals surface area contributed by atoms with Gasteiger partial charge in [0.15, 0.2) is 0 Å². The first-order valence-electron chi connectivity index (χ1n) is 7.63. The zero-order valence-corrected chi connectivity index (χ0v) is 15.3. The highest BCUT2D eigenvalue weighted by Gasteiger charge is 2.27. The van der Waals surface area contributed by atoms with E-state index in [9.17, 15) is 13.2 Å². The summed E-state index contributed by atoms with van der Waals surface area (Å²) >= 11 is 0. The molecule has 0 aliphatic heterocycles. The van der Waals surface area contributed by atoms with Gasteiger partial charge in [0, 0.05) is 16.9 Å². The molecular formula is C17H22N2O4S. The number of aryl methyl sites for hydroxylation is 3. The normalized spacial score (nSPS) is 11.4. The summed E-state index contributed by atoms with van der Waals surface area (Å²) in [5.74, 6) is -0.564. The standard InChI is InChI=1S/C17H22N2O4S/c1-6-23-17(20)15-12(4)16(13(5)18-15)24(21,22)19-14-8-7-10(2)11(3)9-14/h7-9,18-19H,6H2,1-5H3. The number of benzene rings is 1. The van der Waals surface area contributed by atoms with Gasteiger partial charge in [0.1, 0.15) is 10.6 Å². The summed E-state index contributed by atoms with van der Waals surface area (Å²) in [7, 11) is -3.82. The fraction of sp³-hybridized carbons (Fsp3) is 0.353. The number of aromatic nitrogens is 1. The number of carbonyl (C=O) groups is 1. The maximum atomic E-state index is 12.8. The van der Waals surface area contributed by atoms with Crippen LogP contribution in [0.3, 0.4) is 0 Å². The van der Waals surface area contributed by atoms with Crippen LogP contribution in [0.4, 0.5) is 5.69 Å². The Hall–Kier alpha value is -2.28. The van der Waals surface area contributed by atoms with E-state index < -0.39 is 16.0 Å². The number of anilines is 1. The third-order valence-electron chi connectivity index (χ3n) is 3.88. The van der Waals surface area contributed by atoms with Crippen molar-refractivity contribution in [2.75, 3.05) is 11.3 Å². The van der Waals surface area contributed by atoms with Gasteiger partial charge < -0.3 is 9.72 Å². The van der Waals surface area contributed by atoms with E-state index in [4.69, 9.17) is 4.74 Å². The second-order valence-electron chi connectivity index (χ2n) is 5.70. The van der Waals surface area contributed by atoms with E-state index >= 15 is 0 Å². The molecule has 0 radical (unpaired) electrons. The van der Waals surface area contributed by atoms with Crippen LogP contribution < -0.4 is 4.72 Å². The SMILES string of the molecule is CCOC(=O)c1[nH]c(C)c(S(=O)(=O)Nc2ccc(C)c(C)c2)c1C. The van der Waals surface area contributed by atoms with E-state index in [-0.39, 0.29) is 17.2 Å². The molecule has 0 aliphatic rings. The largest absolute Gasteiger partial charge is 0.461 e. The zero-order valence-electron chi connectivity index (χ0n) is 14.5. The fourth-order valence-electron chi connectivity index (χ4n) is 2.55. The first-order chi connectivity index (χ1) is 11.2. The molecule has 2 aromatic rings. The van der Waals surface area contributed by atoms with Gasteiger partial charge in [-0.05, 0) is 57.9 Å². The lowest BCUT2D eigenvalue weighted by atomic mass is 10.1. The Kier molecular flexibility index (Phi) is 5.03. The van der Waals surface area contributed by atoms with E-state index in [2.05, 4.69) is 9.71 Å². The Morgan fingerprint density at radius 1 is 1.17 bits per heavy atom. The second-order valence-corrected chi connectivity index (χ2v) is 7.32. The monoisotopic (exact) mass is 350 g/mol. The van der Waals surface area contributed by atoms with Gasteiger partial charge in [0.05, 0.1) is 6.61 Å². The molecule has 0 fully saturated rings. The molecule has 1 heterocycles. The predicted octanol–water partition coefficient (Wildman–Crippen LogP) is 3.23. The van der Waals surface area contributed by atoms with Crippen molar-refractivity contribution in [3.05, 3.63) is 46.3 Å². The van der Waals surface area contributed by atoms with Crippen LogP contribution in [0.25, 0.3) is 0 Å². The van der Waals surface area contributed by atoms with Gasteiger partial charge in [-0.1, -0.05) is 6.07 Å². The molecule has 0 bridgehead atoms. The molecule has 6 nitrogen and oxygen atoms in total. The minimum atomic E-state index is -3.82. The van der Waals surface area contributed by atoms with E-state index in [1.807, 2.05) is 19.9 Å². The van der Waals surface area contributed by atoms with Gasteiger partial charge in [-0.15, -0.1) is 0 Å². The van der Waals surface area contributed by atoms with Crippen molar-refractivity contribution >= 4 is 21.7 Å². The molecule has 0 atom stereocenters. The van der Waals surface area contributed by atoms with Gasteiger partial charge in [-0.3, -0.25) is 4.72 Å². The van der Waals surface area contributed by atoms with Crippen LogP contribution in [-0.2, 0) is 14.8 Å². The van der Waals surface area contributed by atoms with Gasteiger partial charge in [-0.2, -0.15) is 0 Å². The van der Waals surface area contributed by atoms with E-state index in [0.29, 0.717) is 16.9 Å². The first-order valence-corrected chi connectivity index (χ1v) is 9.12.